The molecular formula is C15H19ClN2O3S2. The minimum absolute atomic E-state index is 0.0264. The SMILES string of the molecule is CN(C)C(=S)OCCC(=O)C=Cc1ccccc1Cl.NC(=O)S. The zero-order valence-corrected chi connectivity index (χ0v) is 15.3. The van der Waals surface area contributed by atoms with E-state index in [0.717, 1.165) is 5.56 Å². The standard InChI is InChI=1S/C14H16ClNO2S.CH3NOS/c1-16(2)14(19)18-10-9-12(17)8-7-11-5-3-4-6-13(11)15;2-1(3)4/h3-8H,9-10H2,1-2H3;(H3,2,3,4). The van der Waals surface area contributed by atoms with E-state index in [1.165, 1.54) is 6.08 Å². The highest BCUT2D eigenvalue weighted by Crippen LogP contribution is 2.16. The van der Waals surface area contributed by atoms with Gasteiger partial charge in [0, 0.05) is 25.5 Å². The van der Waals surface area contributed by atoms with Gasteiger partial charge in [-0.15, -0.1) is 0 Å². The summed E-state index contributed by atoms with van der Waals surface area (Å²) in [6.45, 7) is 0.280. The van der Waals surface area contributed by atoms with Crippen molar-refractivity contribution in [3.63, 3.8) is 0 Å². The number of halogens is 1. The molecule has 1 aromatic rings. The molecule has 0 aliphatic heterocycles. The van der Waals surface area contributed by atoms with Gasteiger partial charge in [-0.25, -0.2) is 0 Å². The van der Waals surface area contributed by atoms with Crippen molar-refractivity contribution in [1.29, 1.82) is 0 Å². The Labute approximate surface area is 151 Å². The van der Waals surface area contributed by atoms with Crippen LogP contribution < -0.4 is 5.73 Å². The second-order valence-electron chi connectivity index (χ2n) is 4.42. The first kappa shape index (κ1) is 21.4. The molecule has 0 saturated heterocycles. The molecule has 0 aromatic heterocycles. The molecule has 0 fully saturated rings. The van der Waals surface area contributed by atoms with Gasteiger partial charge in [-0.05, 0) is 36.0 Å². The topological polar surface area (TPSA) is 72.6 Å². The van der Waals surface area contributed by atoms with Crippen LogP contribution in [0.3, 0.4) is 0 Å². The first-order valence-electron chi connectivity index (χ1n) is 6.52. The minimum Gasteiger partial charge on any atom is -0.470 e. The van der Waals surface area contributed by atoms with Gasteiger partial charge in [0.25, 0.3) is 10.4 Å². The summed E-state index contributed by atoms with van der Waals surface area (Å²) in [6, 6.07) is 7.35. The number of primary amides is 1. The van der Waals surface area contributed by atoms with E-state index in [1.54, 1.807) is 31.1 Å². The molecular weight excluding hydrogens is 356 g/mol. The molecule has 1 aromatic carbocycles. The lowest BCUT2D eigenvalue weighted by molar-refractivity contribution is -0.115. The fraction of sp³-hybridized carbons (Fsp3) is 0.267. The Bertz CT molecular complexity index is 574. The summed E-state index contributed by atoms with van der Waals surface area (Å²) in [5.74, 6) is -0.0264. The molecule has 0 unspecified atom stereocenters. The number of nitrogens with zero attached hydrogens (tertiary/aromatic N) is 1. The van der Waals surface area contributed by atoms with Crippen molar-refractivity contribution in [1.82, 2.24) is 4.90 Å². The average Bonchev–Trinajstić information content (AvgIpc) is 2.45. The summed E-state index contributed by atoms with van der Waals surface area (Å²) in [7, 11) is 3.59. The number of amides is 1. The summed E-state index contributed by atoms with van der Waals surface area (Å²) in [5.41, 5.74) is 5.16. The van der Waals surface area contributed by atoms with Crippen molar-refractivity contribution in [2.75, 3.05) is 20.7 Å². The maximum atomic E-state index is 11.6. The van der Waals surface area contributed by atoms with Gasteiger partial charge in [0.1, 0.15) is 0 Å². The van der Waals surface area contributed by atoms with Crippen LogP contribution in [0.5, 0.6) is 0 Å². The van der Waals surface area contributed by atoms with Gasteiger partial charge in [0.15, 0.2) is 5.78 Å². The molecule has 0 heterocycles. The molecule has 5 nitrogen and oxygen atoms in total. The highest BCUT2D eigenvalue weighted by molar-refractivity contribution is 7.96. The number of thiocarbonyl (C=S) groups is 1. The summed E-state index contributed by atoms with van der Waals surface area (Å²) in [5, 5.41) is 0.361. The molecule has 126 valence electrons. The zero-order chi connectivity index (χ0) is 17.8. The van der Waals surface area contributed by atoms with Gasteiger partial charge >= 0.3 is 0 Å². The van der Waals surface area contributed by atoms with Crippen LogP contribution in [0.2, 0.25) is 5.02 Å². The van der Waals surface area contributed by atoms with E-state index in [4.69, 9.17) is 33.4 Å². The van der Waals surface area contributed by atoms with Gasteiger partial charge in [-0.3, -0.25) is 9.59 Å². The largest absolute Gasteiger partial charge is 0.470 e. The second-order valence-corrected chi connectivity index (χ2v) is 5.62. The number of carbonyl (C=O) groups is 2. The van der Waals surface area contributed by atoms with Crippen LogP contribution >= 0.6 is 36.4 Å². The van der Waals surface area contributed by atoms with Crippen LogP contribution in [0.15, 0.2) is 30.3 Å². The minimum atomic E-state index is -0.639. The Morgan fingerprint density at radius 2 is 1.96 bits per heavy atom. The van der Waals surface area contributed by atoms with Crippen molar-refractivity contribution in [3.8, 4) is 0 Å². The molecule has 1 rings (SSSR count). The highest BCUT2D eigenvalue weighted by Gasteiger charge is 2.02. The third-order valence-electron chi connectivity index (χ3n) is 2.29. The van der Waals surface area contributed by atoms with E-state index in [9.17, 15) is 4.79 Å². The van der Waals surface area contributed by atoms with Crippen LogP contribution in [-0.4, -0.2) is 41.8 Å². The number of ether oxygens (including phenoxy) is 1. The van der Waals surface area contributed by atoms with E-state index in [2.05, 4.69) is 18.4 Å². The summed E-state index contributed by atoms with van der Waals surface area (Å²) in [4.78, 5) is 22.4. The lowest BCUT2D eigenvalue weighted by atomic mass is 10.2. The molecule has 8 heteroatoms. The maximum absolute atomic E-state index is 11.6. The van der Waals surface area contributed by atoms with Crippen LogP contribution in [0.1, 0.15) is 12.0 Å². The normalized spacial score (nSPS) is 9.74. The van der Waals surface area contributed by atoms with E-state index in [1.807, 2.05) is 18.2 Å². The molecule has 2 N–H and O–H groups in total. The molecule has 0 aliphatic carbocycles. The molecule has 23 heavy (non-hydrogen) atoms. The van der Waals surface area contributed by atoms with Crippen molar-refractivity contribution in [2.45, 2.75) is 6.42 Å². The van der Waals surface area contributed by atoms with Crippen LogP contribution in [0.4, 0.5) is 4.79 Å². The Kier molecular flexibility index (Phi) is 11.1. The third-order valence-corrected chi connectivity index (χ3v) is 3.12. The smallest absolute Gasteiger partial charge is 0.273 e. The van der Waals surface area contributed by atoms with E-state index in [0.29, 0.717) is 10.2 Å². The number of ketones is 1. The van der Waals surface area contributed by atoms with Gasteiger partial charge in [-0.1, -0.05) is 42.4 Å². The van der Waals surface area contributed by atoms with E-state index < -0.39 is 5.24 Å². The van der Waals surface area contributed by atoms with E-state index >= 15 is 0 Å². The van der Waals surface area contributed by atoms with Crippen LogP contribution in [-0.2, 0) is 9.53 Å². The lowest BCUT2D eigenvalue weighted by Gasteiger charge is -2.13. The fourth-order valence-electron chi connectivity index (χ4n) is 1.24. The Balaban J connectivity index is 0.00000108. The number of hydrogen-bond donors (Lipinski definition) is 2. The molecule has 0 spiro atoms. The Morgan fingerprint density at radius 3 is 2.48 bits per heavy atom. The monoisotopic (exact) mass is 374 g/mol. The quantitative estimate of drug-likeness (QED) is 0.470. The summed E-state index contributed by atoms with van der Waals surface area (Å²) in [6.07, 6.45) is 3.49. The van der Waals surface area contributed by atoms with Gasteiger partial charge in [-0.2, -0.15) is 0 Å². The lowest BCUT2D eigenvalue weighted by Crippen LogP contribution is -2.23. The van der Waals surface area contributed by atoms with E-state index in [-0.39, 0.29) is 18.8 Å². The zero-order valence-electron chi connectivity index (χ0n) is 12.9. The molecule has 0 atom stereocenters. The second kappa shape index (κ2) is 11.9. The van der Waals surface area contributed by atoms with Crippen molar-refractivity contribution < 1.29 is 14.3 Å². The maximum Gasteiger partial charge on any atom is 0.273 e. The third kappa shape index (κ3) is 11.6. The van der Waals surface area contributed by atoms with Crippen LogP contribution in [0.25, 0.3) is 6.08 Å². The first-order valence-corrected chi connectivity index (χ1v) is 7.75. The summed E-state index contributed by atoms with van der Waals surface area (Å²) >= 11 is 14.0. The fourth-order valence-corrected chi connectivity index (χ4v) is 1.53. The van der Waals surface area contributed by atoms with Crippen molar-refractivity contribution >= 4 is 58.7 Å². The highest BCUT2D eigenvalue weighted by atomic mass is 35.5. The number of rotatable bonds is 5. The van der Waals surface area contributed by atoms with Gasteiger partial charge < -0.3 is 15.4 Å². The number of thiol groups is 1. The summed E-state index contributed by atoms with van der Waals surface area (Å²) < 4.78 is 5.23. The van der Waals surface area contributed by atoms with Gasteiger partial charge in [0.2, 0.25) is 0 Å². The first-order chi connectivity index (χ1) is 10.7. The molecule has 1 amide bonds. The molecule has 0 bridgehead atoms. The molecule has 0 saturated carbocycles. The number of benzene rings is 1. The number of nitrogens with two attached hydrogens (primary N) is 1. The predicted molar refractivity (Wildman–Crippen MR) is 101 cm³/mol. The Morgan fingerprint density at radius 1 is 1.39 bits per heavy atom. The van der Waals surface area contributed by atoms with Crippen LogP contribution in [0, 0.1) is 0 Å². The van der Waals surface area contributed by atoms with Crippen molar-refractivity contribution in [2.24, 2.45) is 5.73 Å². The molecule has 0 aliphatic rings. The predicted octanol–water partition coefficient (Wildman–Crippen LogP) is 3.17. The number of hydrogen-bond acceptors (Lipinski definition) is 4. The number of carbonyl (C=O) groups excluding carboxylic acids is 2. The van der Waals surface area contributed by atoms with Gasteiger partial charge in [0.05, 0.1) is 6.61 Å². The number of allylic oxidation sites excluding steroid dienone is 1. The average molecular weight is 375 g/mol. The molecule has 0 radical (unpaired) electrons. The Hall–Kier alpha value is -1.57. The van der Waals surface area contributed by atoms with Crippen molar-refractivity contribution in [3.05, 3.63) is 40.9 Å².